The SMILES string of the molecule is CCOc1ccc(-n2c(C)nc3ccccc3c2=O)cc1CNCCBr. The Kier molecular flexibility index (Phi) is 6.06. The van der Waals surface area contributed by atoms with Crippen molar-refractivity contribution in [3.63, 3.8) is 0 Å². The van der Waals surface area contributed by atoms with E-state index >= 15 is 0 Å². The first kappa shape index (κ1) is 18.6. The predicted molar refractivity (Wildman–Crippen MR) is 109 cm³/mol. The van der Waals surface area contributed by atoms with Gasteiger partial charge in [-0.2, -0.15) is 0 Å². The minimum absolute atomic E-state index is 0.0587. The average Bonchev–Trinajstić information content (AvgIpc) is 2.64. The lowest BCUT2D eigenvalue weighted by Crippen LogP contribution is -2.23. The Labute approximate surface area is 161 Å². The summed E-state index contributed by atoms with van der Waals surface area (Å²) in [6.45, 7) is 5.94. The highest BCUT2D eigenvalue weighted by Crippen LogP contribution is 2.23. The lowest BCUT2D eigenvalue weighted by atomic mass is 10.1. The van der Waals surface area contributed by atoms with Gasteiger partial charge in [0.2, 0.25) is 0 Å². The van der Waals surface area contributed by atoms with Crippen LogP contribution in [0.5, 0.6) is 5.75 Å². The van der Waals surface area contributed by atoms with Gasteiger partial charge in [0.25, 0.3) is 5.56 Å². The second kappa shape index (κ2) is 8.47. The maximum absolute atomic E-state index is 13.0. The summed E-state index contributed by atoms with van der Waals surface area (Å²) in [5.41, 5.74) is 2.47. The third-order valence-corrected chi connectivity index (χ3v) is 4.53. The molecular formula is C20H22BrN3O2. The van der Waals surface area contributed by atoms with Gasteiger partial charge < -0.3 is 10.1 Å². The van der Waals surface area contributed by atoms with Gasteiger partial charge in [0.1, 0.15) is 11.6 Å². The number of alkyl halides is 1. The van der Waals surface area contributed by atoms with Gasteiger partial charge in [-0.3, -0.25) is 9.36 Å². The van der Waals surface area contributed by atoms with Crippen LogP contribution in [0.2, 0.25) is 0 Å². The molecule has 2 aromatic carbocycles. The molecule has 3 aromatic rings. The summed E-state index contributed by atoms with van der Waals surface area (Å²) in [7, 11) is 0. The Morgan fingerprint density at radius 3 is 2.81 bits per heavy atom. The fourth-order valence-electron chi connectivity index (χ4n) is 2.98. The van der Waals surface area contributed by atoms with Crippen LogP contribution in [0.4, 0.5) is 0 Å². The van der Waals surface area contributed by atoms with Gasteiger partial charge in [-0.05, 0) is 44.2 Å². The molecule has 1 heterocycles. The molecule has 6 heteroatoms. The molecule has 0 saturated heterocycles. The van der Waals surface area contributed by atoms with Crippen molar-refractivity contribution < 1.29 is 4.74 Å². The second-order valence-corrected chi connectivity index (χ2v) is 6.70. The van der Waals surface area contributed by atoms with Crippen molar-refractivity contribution in [2.24, 2.45) is 0 Å². The molecule has 0 unspecified atom stereocenters. The standard InChI is InChI=1S/C20H22BrN3O2/c1-3-26-19-9-8-16(12-15(19)13-22-11-10-21)24-14(2)23-18-7-5-4-6-17(18)20(24)25/h4-9,12,22H,3,10-11,13H2,1-2H3. The molecule has 0 spiro atoms. The monoisotopic (exact) mass is 415 g/mol. The number of rotatable bonds is 7. The maximum atomic E-state index is 13.0. The number of ether oxygens (including phenoxy) is 1. The Hall–Kier alpha value is -2.18. The van der Waals surface area contributed by atoms with Crippen molar-refractivity contribution in [1.29, 1.82) is 0 Å². The number of hydrogen-bond acceptors (Lipinski definition) is 4. The molecule has 26 heavy (non-hydrogen) atoms. The highest BCUT2D eigenvalue weighted by atomic mass is 79.9. The van der Waals surface area contributed by atoms with E-state index in [1.165, 1.54) is 0 Å². The van der Waals surface area contributed by atoms with Crippen molar-refractivity contribution in [2.75, 3.05) is 18.5 Å². The van der Waals surface area contributed by atoms with E-state index in [0.717, 1.165) is 34.4 Å². The smallest absolute Gasteiger partial charge is 0.265 e. The summed E-state index contributed by atoms with van der Waals surface area (Å²) >= 11 is 3.42. The van der Waals surface area contributed by atoms with Gasteiger partial charge in [-0.15, -0.1) is 0 Å². The predicted octanol–water partition coefficient (Wildman–Crippen LogP) is 3.58. The van der Waals surface area contributed by atoms with Crippen LogP contribution in [0.15, 0.2) is 47.3 Å². The highest BCUT2D eigenvalue weighted by molar-refractivity contribution is 9.09. The van der Waals surface area contributed by atoms with E-state index in [9.17, 15) is 4.79 Å². The Balaban J connectivity index is 2.10. The van der Waals surface area contributed by atoms with Crippen LogP contribution in [0.1, 0.15) is 18.3 Å². The summed E-state index contributed by atoms with van der Waals surface area (Å²) < 4.78 is 7.39. The van der Waals surface area contributed by atoms with E-state index in [2.05, 4.69) is 26.2 Å². The largest absolute Gasteiger partial charge is 0.494 e. The first-order chi connectivity index (χ1) is 12.7. The number of aromatic nitrogens is 2. The van der Waals surface area contributed by atoms with E-state index < -0.39 is 0 Å². The van der Waals surface area contributed by atoms with Gasteiger partial charge >= 0.3 is 0 Å². The maximum Gasteiger partial charge on any atom is 0.265 e. The summed E-state index contributed by atoms with van der Waals surface area (Å²) in [5, 5.41) is 4.85. The quantitative estimate of drug-likeness (QED) is 0.473. The molecule has 0 radical (unpaired) electrons. The van der Waals surface area contributed by atoms with E-state index in [1.807, 2.05) is 56.3 Å². The average molecular weight is 416 g/mol. The van der Waals surface area contributed by atoms with Crippen LogP contribution < -0.4 is 15.6 Å². The van der Waals surface area contributed by atoms with E-state index in [1.54, 1.807) is 4.57 Å². The molecular weight excluding hydrogens is 394 g/mol. The van der Waals surface area contributed by atoms with Gasteiger partial charge in [-0.1, -0.05) is 28.1 Å². The summed E-state index contributed by atoms with van der Waals surface area (Å²) in [4.78, 5) is 17.6. The number of aryl methyl sites for hydroxylation is 1. The van der Waals surface area contributed by atoms with Gasteiger partial charge in [0, 0.05) is 24.0 Å². The zero-order valence-corrected chi connectivity index (χ0v) is 16.5. The highest BCUT2D eigenvalue weighted by Gasteiger charge is 2.12. The van der Waals surface area contributed by atoms with Crippen LogP contribution in [0, 0.1) is 6.92 Å². The summed E-state index contributed by atoms with van der Waals surface area (Å²) in [5.74, 6) is 1.50. The lowest BCUT2D eigenvalue weighted by Gasteiger charge is -2.15. The molecule has 0 aliphatic carbocycles. The zero-order chi connectivity index (χ0) is 18.5. The fraction of sp³-hybridized carbons (Fsp3) is 0.300. The van der Waals surface area contributed by atoms with E-state index in [-0.39, 0.29) is 5.56 Å². The van der Waals surface area contributed by atoms with Crippen LogP contribution >= 0.6 is 15.9 Å². The van der Waals surface area contributed by atoms with Gasteiger partial charge in [0.05, 0.1) is 23.2 Å². The van der Waals surface area contributed by atoms with Gasteiger partial charge in [-0.25, -0.2) is 4.98 Å². The zero-order valence-electron chi connectivity index (χ0n) is 15.0. The molecule has 0 atom stereocenters. The first-order valence-electron chi connectivity index (χ1n) is 8.67. The molecule has 0 saturated carbocycles. The van der Waals surface area contributed by atoms with Crippen molar-refractivity contribution in [2.45, 2.75) is 20.4 Å². The molecule has 1 N–H and O–H groups in total. The Morgan fingerprint density at radius 1 is 1.23 bits per heavy atom. The number of hydrogen-bond donors (Lipinski definition) is 1. The number of nitrogens with zero attached hydrogens (tertiary/aromatic N) is 2. The van der Waals surface area contributed by atoms with Crippen molar-refractivity contribution >= 4 is 26.8 Å². The van der Waals surface area contributed by atoms with E-state index in [0.29, 0.717) is 24.4 Å². The molecule has 0 aliphatic heterocycles. The minimum Gasteiger partial charge on any atom is -0.494 e. The number of para-hydroxylation sites is 1. The van der Waals surface area contributed by atoms with Crippen LogP contribution in [0.3, 0.4) is 0 Å². The number of halogens is 1. The van der Waals surface area contributed by atoms with Gasteiger partial charge in [0.15, 0.2) is 0 Å². The molecule has 5 nitrogen and oxygen atoms in total. The fourth-order valence-corrected chi connectivity index (χ4v) is 3.26. The second-order valence-electron chi connectivity index (χ2n) is 5.91. The van der Waals surface area contributed by atoms with Crippen molar-refractivity contribution in [3.8, 4) is 11.4 Å². The molecule has 1 aromatic heterocycles. The first-order valence-corrected chi connectivity index (χ1v) is 9.79. The van der Waals surface area contributed by atoms with Crippen LogP contribution in [0.25, 0.3) is 16.6 Å². The third kappa shape index (κ3) is 3.81. The Morgan fingerprint density at radius 2 is 2.04 bits per heavy atom. The number of nitrogens with one attached hydrogen (secondary N) is 1. The minimum atomic E-state index is -0.0587. The topological polar surface area (TPSA) is 56.2 Å². The molecule has 0 bridgehead atoms. The lowest BCUT2D eigenvalue weighted by molar-refractivity contribution is 0.335. The summed E-state index contributed by atoms with van der Waals surface area (Å²) in [6, 6.07) is 13.3. The normalized spacial score (nSPS) is 11.0. The van der Waals surface area contributed by atoms with Crippen LogP contribution in [-0.4, -0.2) is 28.0 Å². The molecule has 3 rings (SSSR count). The van der Waals surface area contributed by atoms with Crippen molar-refractivity contribution in [1.82, 2.24) is 14.9 Å². The van der Waals surface area contributed by atoms with Crippen molar-refractivity contribution in [3.05, 3.63) is 64.2 Å². The molecule has 0 aliphatic rings. The number of fused-ring (bicyclic) bond motifs is 1. The molecule has 136 valence electrons. The van der Waals surface area contributed by atoms with E-state index in [4.69, 9.17) is 4.74 Å². The molecule has 0 fully saturated rings. The number of benzene rings is 2. The van der Waals surface area contributed by atoms with Crippen LogP contribution in [-0.2, 0) is 6.54 Å². The summed E-state index contributed by atoms with van der Waals surface area (Å²) in [6.07, 6.45) is 0. The Bertz CT molecular complexity index is 969. The third-order valence-electron chi connectivity index (χ3n) is 4.13. The molecule has 0 amide bonds.